The predicted octanol–water partition coefficient (Wildman–Crippen LogP) is 1.44. The number of hydrogen-bond donors (Lipinski definition) is 1. The molecule has 1 N–H and O–H groups in total. The number of carboxylic acid groups (broad SMARTS) is 1. The Balaban J connectivity index is 3.25. The Morgan fingerprint density at radius 3 is 2.64 bits per heavy atom. The molecule has 11 heavy (non-hydrogen) atoms. The molecule has 0 saturated carbocycles. The molecule has 0 aromatic rings. The highest BCUT2D eigenvalue weighted by Gasteiger charge is 2.01. The number of hydrogen-bond acceptors (Lipinski definition) is 2. The number of unbranched alkanes of at least 4 members (excludes halogenated alkanes) is 1. The first kappa shape index (κ1) is 10.2. The summed E-state index contributed by atoms with van der Waals surface area (Å²) in [5, 5.41) is 8.41. The van der Waals surface area contributed by atoms with Crippen molar-refractivity contribution in [3.8, 4) is 0 Å². The molecule has 0 bridgehead atoms. The Labute approximate surface area is 66.7 Å². The molecule has 0 radical (unpaired) electrons. The van der Waals surface area contributed by atoms with Crippen LogP contribution in [0.5, 0.6) is 0 Å². The van der Waals surface area contributed by atoms with E-state index in [0.717, 1.165) is 12.8 Å². The predicted molar refractivity (Wildman–Crippen MR) is 42.5 cm³/mol. The normalized spacial score (nSPS) is 9.55. The first-order valence-electron chi connectivity index (χ1n) is 3.58. The van der Waals surface area contributed by atoms with E-state index in [9.17, 15) is 4.79 Å². The number of aliphatic carboxylic acids is 1. The molecule has 3 nitrogen and oxygen atoms in total. The topological polar surface area (TPSA) is 46.5 Å². The third-order valence-electron chi connectivity index (χ3n) is 1.38. The molecule has 3 heteroatoms. The van der Waals surface area contributed by atoms with Gasteiger partial charge in [0.2, 0.25) is 0 Å². The molecule has 0 amide bonds. The van der Waals surface area contributed by atoms with Crippen LogP contribution in [0.4, 0.5) is 0 Å². The van der Waals surface area contributed by atoms with Crippen LogP contribution in [0, 0.1) is 0 Å². The minimum absolute atomic E-state index is 0.279. The van der Waals surface area contributed by atoms with Gasteiger partial charge in [0.25, 0.3) is 0 Å². The maximum atomic E-state index is 10.2. The van der Waals surface area contributed by atoms with Gasteiger partial charge in [-0.05, 0) is 19.3 Å². The van der Waals surface area contributed by atoms with Gasteiger partial charge >= 0.3 is 5.97 Å². The van der Waals surface area contributed by atoms with Crippen LogP contribution >= 0.6 is 0 Å². The maximum absolute atomic E-state index is 10.2. The number of carbonyl (C=O) groups is 1. The molecule has 0 rings (SSSR count). The zero-order valence-electron chi connectivity index (χ0n) is 6.80. The van der Waals surface area contributed by atoms with Crippen molar-refractivity contribution in [1.82, 2.24) is 0 Å². The van der Waals surface area contributed by atoms with E-state index >= 15 is 0 Å². The van der Waals surface area contributed by atoms with Crippen molar-refractivity contribution in [3.63, 3.8) is 0 Å². The lowest BCUT2D eigenvalue weighted by Crippen LogP contribution is -1.99. The van der Waals surface area contributed by atoms with Crippen LogP contribution in [0.3, 0.4) is 0 Å². The highest BCUT2D eigenvalue weighted by atomic mass is 16.5. The summed E-state index contributed by atoms with van der Waals surface area (Å²) < 4.78 is 4.81. The first-order valence-corrected chi connectivity index (χ1v) is 3.58. The Bertz CT molecular complexity index is 140. The Morgan fingerprint density at radius 1 is 1.55 bits per heavy atom. The average Bonchev–Trinajstić information content (AvgIpc) is 1.97. The molecule has 0 spiro atoms. The summed E-state index contributed by atoms with van der Waals surface area (Å²) in [7, 11) is 1.63. The number of carboxylic acids is 1. The van der Waals surface area contributed by atoms with E-state index in [0.29, 0.717) is 13.0 Å². The second kappa shape index (κ2) is 5.92. The summed E-state index contributed by atoms with van der Waals surface area (Å²) in [6, 6.07) is 0. The molecule has 0 fully saturated rings. The summed E-state index contributed by atoms with van der Waals surface area (Å²) in [6.07, 6.45) is 2.28. The second-order valence-electron chi connectivity index (χ2n) is 2.36. The monoisotopic (exact) mass is 158 g/mol. The van der Waals surface area contributed by atoms with Crippen molar-refractivity contribution in [1.29, 1.82) is 0 Å². The fraction of sp³-hybridized carbons (Fsp3) is 0.625. The Hall–Kier alpha value is -0.830. The van der Waals surface area contributed by atoms with Crippen molar-refractivity contribution in [2.24, 2.45) is 0 Å². The summed E-state index contributed by atoms with van der Waals surface area (Å²) in [5.41, 5.74) is 0.279. The first-order chi connectivity index (χ1) is 5.18. The highest BCUT2D eigenvalue weighted by Crippen LogP contribution is 2.04. The molecule has 0 unspecified atom stereocenters. The van der Waals surface area contributed by atoms with Gasteiger partial charge in [-0.25, -0.2) is 4.79 Å². The van der Waals surface area contributed by atoms with Gasteiger partial charge in [-0.15, -0.1) is 0 Å². The van der Waals surface area contributed by atoms with Gasteiger partial charge in [-0.1, -0.05) is 6.58 Å². The minimum Gasteiger partial charge on any atom is -0.478 e. The van der Waals surface area contributed by atoms with E-state index in [1.54, 1.807) is 7.11 Å². The zero-order valence-corrected chi connectivity index (χ0v) is 6.80. The largest absolute Gasteiger partial charge is 0.478 e. The van der Waals surface area contributed by atoms with E-state index in [4.69, 9.17) is 9.84 Å². The number of methoxy groups -OCH3 is 1. The minimum atomic E-state index is -0.901. The van der Waals surface area contributed by atoms with Gasteiger partial charge in [0.15, 0.2) is 0 Å². The fourth-order valence-electron chi connectivity index (χ4n) is 0.692. The Morgan fingerprint density at radius 2 is 2.18 bits per heavy atom. The van der Waals surface area contributed by atoms with Crippen molar-refractivity contribution in [2.45, 2.75) is 19.3 Å². The van der Waals surface area contributed by atoms with Crippen molar-refractivity contribution in [2.75, 3.05) is 13.7 Å². The molecular weight excluding hydrogens is 144 g/mol. The zero-order chi connectivity index (χ0) is 8.69. The summed E-state index contributed by atoms with van der Waals surface area (Å²) in [6.45, 7) is 4.10. The van der Waals surface area contributed by atoms with E-state index in [1.165, 1.54) is 0 Å². The van der Waals surface area contributed by atoms with Gasteiger partial charge in [0, 0.05) is 19.3 Å². The SMILES string of the molecule is C=C(CCCCOC)C(=O)O. The van der Waals surface area contributed by atoms with Gasteiger partial charge in [-0.3, -0.25) is 0 Å². The van der Waals surface area contributed by atoms with Gasteiger partial charge in [0.05, 0.1) is 0 Å². The molecule has 0 aromatic carbocycles. The Kier molecular flexibility index (Phi) is 5.47. The van der Waals surface area contributed by atoms with E-state index in [2.05, 4.69) is 6.58 Å². The van der Waals surface area contributed by atoms with Crippen LogP contribution in [0.2, 0.25) is 0 Å². The van der Waals surface area contributed by atoms with Crippen LogP contribution in [0.15, 0.2) is 12.2 Å². The third kappa shape index (κ3) is 5.61. The van der Waals surface area contributed by atoms with Gasteiger partial charge in [-0.2, -0.15) is 0 Å². The van der Waals surface area contributed by atoms with Gasteiger partial charge in [0.1, 0.15) is 0 Å². The summed E-state index contributed by atoms with van der Waals surface area (Å²) in [5.74, 6) is -0.901. The van der Waals surface area contributed by atoms with Crippen molar-refractivity contribution < 1.29 is 14.6 Å². The standard InChI is InChI=1S/C8H14O3/c1-7(8(9)10)5-3-4-6-11-2/h1,3-6H2,2H3,(H,9,10). The van der Waals surface area contributed by atoms with Crippen LogP contribution in [-0.4, -0.2) is 24.8 Å². The quantitative estimate of drug-likeness (QED) is 0.470. The highest BCUT2D eigenvalue weighted by molar-refractivity contribution is 5.85. The van der Waals surface area contributed by atoms with E-state index in [1.807, 2.05) is 0 Å². The molecule has 0 saturated heterocycles. The smallest absolute Gasteiger partial charge is 0.330 e. The molecule has 0 aliphatic carbocycles. The lowest BCUT2D eigenvalue weighted by molar-refractivity contribution is -0.132. The summed E-state index contributed by atoms with van der Waals surface area (Å²) >= 11 is 0. The van der Waals surface area contributed by atoms with Gasteiger partial charge < -0.3 is 9.84 Å². The molecule has 0 heterocycles. The maximum Gasteiger partial charge on any atom is 0.330 e. The van der Waals surface area contributed by atoms with E-state index < -0.39 is 5.97 Å². The van der Waals surface area contributed by atoms with Crippen LogP contribution in [0.25, 0.3) is 0 Å². The molecule has 0 aliphatic rings. The lowest BCUT2D eigenvalue weighted by atomic mass is 10.1. The molecule has 64 valence electrons. The molecule has 0 aliphatic heterocycles. The van der Waals surface area contributed by atoms with Crippen molar-refractivity contribution >= 4 is 5.97 Å². The van der Waals surface area contributed by atoms with E-state index in [-0.39, 0.29) is 5.57 Å². The summed E-state index contributed by atoms with van der Waals surface area (Å²) in [4.78, 5) is 10.2. The number of ether oxygens (including phenoxy) is 1. The average molecular weight is 158 g/mol. The second-order valence-corrected chi connectivity index (χ2v) is 2.36. The third-order valence-corrected chi connectivity index (χ3v) is 1.38. The van der Waals surface area contributed by atoms with Crippen LogP contribution < -0.4 is 0 Å². The molecule has 0 aromatic heterocycles. The lowest BCUT2D eigenvalue weighted by Gasteiger charge is -1.99. The number of rotatable bonds is 6. The van der Waals surface area contributed by atoms with Crippen molar-refractivity contribution in [3.05, 3.63) is 12.2 Å². The fourth-order valence-corrected chi connectivity index (χ4v) is 0.692. The molecule has 0 atom stereocenters. The van der Waals surface area contributed by atoms with Crippen LogP contribution in [0.1, 0.15) is 19.3 Å². The molecular formula is C8H14O3. The van der Waals surface area contributed by atoms with Crippen LogP contribution in [-0.2, 0) is 9.53 Å².